The van der Waals surface area contributed by atoms with Gasteiger partial charge in [-0.05, 0) is 30.4 Å². The Labute approximate surface area is 134 Å². The summed E-state index contributed by atoms with van der Waals surface area (Å²) >= 11 is 0. The van der Waals surface area contributed by atoms with E-state index in [0.717, 1.165) is 0 Å². The van der Waals surface area contributed by atoms with E-state index in [-0.39, 0.29) is 17.1 Å². The van der Waals surface area contributed by atoms with Crippen molar-refractivity contribution in [3.8, 4) is 0 Å². The van der Waals surface area contributed by atoms with E-state index in [1.165, 1.54) is 12.1 Å². The largest absolute Gasteiger partial charge is 0.227 e. The van der Waals surface area contributed by atoms with Crippen LogP contribution in [0.25, 0.3) is 0 Å². The number of hydrogen-bond donors (Lipinski definition) is 0. The van der Waals surface area contributed by atoms with E-state index in [1.807, 2.05) is 27.7 Å². The molecule has 0 saturated heterocycles. The molecule has 4 nitrogen and oxygen atoms in total. The van der Waals surface area contributed by atoms with E-state index in [4.69, 9.17) is 0 Å². The van der Waals surface area contributed by atoms with Gasteiger partial charge >= 0.3 is 0 Å². The van der Waals surface area contributed by atoms with Gasteiger partial charge in [0.25, 0.3) is 0 Å². The molecule has 0 heterocycles. The predicted octanol–water partition coefficient (Wildman–Crippen LogP) is 3.44. The predicted molar refractivity (Wildman–Crippen MR) is 90.2 cm³/mol. The average molecular weight is 347 g/mol. The number of unbranched alkanes of at least 4 members (excludes halogenated alkanes) is 1. The monoisotopic (exact) mass is 346 g/mol. The smallest absolute Gasteiger partial charge is 0.195 e. The second kappa shape index (κ2) is 7.13. The van der Waals surface area contributed by atoms with Crippen molar-refractivity contribution in [2.75, 3.05) is 5.75 Å². The molecule has 1 atom stereocenters. The van der Waals surface area contributed by atoms with E-state index < -0.39 is 29.7 Å². The molecule has 6 heteroatoms. The molecule has 1 aromatic carbocycles. The first-order valence-corrected chi connectivity index (χ1v) is 10.8. The molecule has 126 valence electrons. The van der Waals surface area contributed by atoms with Crippen LogP contribution in [0.5, 0.6) is 0 Å². The Morgan fingerprint density at radius 2 is 1.55 bits per heavy atom. The van der Waals surface area contributed by atoms with Crippen LogP contribution in [-0.2, 0) is 19.7 Å². The highest BCUT2D eigenvalue weighted by Gasteiger charge is 2.40. The fourth-order valence-electron chi connectivity index (χ4n) is 2.17. The summed E-state index contributed by atoms with van der Waals surface area (Å²) in [5, 5.41) is 0. The molecule has 0 radical (unpaired) electrons. The first-order chi connectivity index (χ1) is 10.0. The highest BCUT2D eigenvalue weighted by Crippen LogP contribution is 2.31. The van der Waals surface area contributed by atoms with Crippen molar-refractivity contribution in [1.82, 2.24) is 0 Å². The van der Waals surface area contributed by atoms with Gasteiger partial charge in [0, 0.05) is 0 Å². The van der Waals surface area contributed by atoms with Crippen LogP contribution in [0.1, 0.15) is 47.0 Å². The molecule has 0 aliphatic heterocycles. The maximum Gasteiger partial charge on any atom is 0.195 e. The van der Waals surface area contributed by atoms with Crippen molar-refractivity contribution in [1.29, 1.82) is 0 Å². The van der Waals surface area contributed by atoms with Crippen molar-refractivity contribution in [3.05, 3.63) is 30.3 Å². The molecular weight excluding hydrogens is 320 g/mol. The molecule has 0 saturated carbocycles. The summed E-state index contributed by atoms with van der Waals surface area (Å²) in [6.45, 7) is 7.46. The molecule has 0 aliphatic rings. The van der Waals surface area contributed by atoms with Gasteiger partial charge in [-0.2, -0.15) is 0 Å². The second-order valence-electron chi connectivity index (χ2n) is 6.77. The Balaban J connectivity index is 3.33. The summed E-state index contributed by atoms with van der Waals surface area (Å²) in [7, 11) is -7.62. The third-order valence-corrected chi connectivity index (χ3v) is 8.63. The molecule has 0 aliphatic carbocycles. The summed E-state index contributed by atoms with van der Waals surface area (Å²) in [5.74, 6) is -0.0870. The van der Waals surface area contributed by atoms with Gasteiger partial charge in [-0.1, -0.05) is 52.3 Å². The van der Waals surface area contributed by atoms with Gasteiger partial charge in [-0.15, -0.1) is 0 Å². The lowest BCUT2D eigenvalue weighted by Gasteiger charge is -2.26. The Kier molecular flexibility index (Phi) is 6.21. The van der Waals surface area contributed by atoms with Crippen LogP contribution in [0.4, 0.5) is 0 Å². The lowest BCUT2D eigenvalue weighted by Crippen LogP contribution is -2.36. The van der Waals surface area contributed by atoms with Crippen LogP contribution in [0.2, 0.25) is 0 Å². The van der Waals surface area contributed by atoms with E-state index in [1.54, 1.807) is 18.2 Å². The first kappa shape index (κ1) is 19.2. The van der Waals surface area contributed by atoms with Gasteiger partial charge in [0.1, 0.15) is 0 Å². The summed E-state index contributed by atoms with van der Waals surface area (Å²) < 4.78 is 49.5. The third kappa shape index (κ3) is 5.09. The van der Waals surface area contributed by atoms with E-state index in [9.17, 15) is 16.8 Å². The maximum absolute atomic E-state index is 12.8. The number of hydrogen-bond acceptors (Lipinski definition) is 4. The molecule has 0 unspecified atom stereocenters. The Bertz CT molecular complexity index is 669. The Hall–Kier alpha value is -0.880. The highest BCUT2D eigenvalue weighted by molar-refractivity contribution is 8.09. The van der Waals surface area contributed by atoms with Crippen molar-refractivity contribution in [3.63, 3.8) is 0 Å². The summed E-state index contributed by atoms with van der Waals surface area (Å²) in [4.78, 5) is 0.0734. The molecule has 0 aromatic heterocycles. The minimum Gasteiger partial charge on any atom is -0.227 e. The van der Waals surface area contributed by atoms with Gasteiger partial charge in [-0.25, -0.2) is 16.8 Å². The fourth-order valence-corrected chi connectivity index (χ4v) is 7.60. The van der Waals surface area contributed by atoms with E-state index in [0.29, 0.717) is 12.8 Å². The maximum atomic E-state index is 12.8. The van der Waals surface area contributed by atoms with Gasteiger partial charge in [0.05, 0.1) is 10.6 Å². The summed E-state index contributed by atoms with van der Waals surface area (Å²) in [5.41, 5.74) is -0.397. The number of benzene rings is 1. The standard InChI is InChI=1S/C16H26O4S2/c1-5-6-12-21(17,18)15(13-16(2,3)4)22(19,20)14-10-8-7-9-11-14/h7-11,15H,5-6,12-13H2,1-4H3/t15-/m1/s1. The van der Waals surface area contributed by atoms with Crippen LogP contribution in [-0.4, -0.2) is 27.2 Å². The Morgan fingerprint density at radius 1 is 1.00 bits per heavy atom. The second-order valence-corrected chi connectivity index (χ2v) is 11.5. The normalized spacial score (nSPS) is 14.7. The third-order valence-electron chi connectivity index (χ3n) is 3.38. The number of sulfone groups is 2. The molecule has 1 rings (SSSR count). The minimum atomic E-state index is -3.91. The van der Waals surface area contributed by atoms with Gasteiger partial charge < -0.3 is 0 Å². The quantitative estimate of drug-likeness (QED) is 0.758. The van der Waals surface area contributed by atoms with E-state index >= 15 is 0 Å². The van der Waals surface area contributed by atoms with Crippen LogP contribution >= 0.6 is 0 Å². The zero-order valence-electron chi connectivity index (χ0n) is 13.7. The molecule has 0 amide bonds. The minimum absolute atomic E-state index is 0.0734. The zero-order chi connectivity index (χ0) is 17.0. The molecule has 0 bridgehead atoms. The molecule has 0 fully saturated rings. The van der Waals surface area contributed by atoms with E-state index in [2.05, 4.69) is 0 Å². The average Bonchev–Trinajstić information content (AvgIpc) is 2.42. The van der Waals surface area contributed by atoms with Gasteiger partial charge in [0.2, 0.25) is 0 Å². The van der Waals surface area contributed by atoms with Gasteiger partial charge in [0.15, 0.2) is 24.3 Å². The van der Waals surface area contributed by atoms with Crippen molar-refractivity contribution >= 4 is 19.7 Å². The lowest BCUT2D eigenvalue weighted by atomic mass is 9.93. The van der Waals surface area contributed by atoms with Crippen LogP contribution in [0, 0.1) is 5.41 Å². The highest BCUT2D eigenvalue weighted by atomic mass is 32.3. The first-order valence-electron chi connectivity index (χ1n) is 7.51. The SMILES string of the molecule is CCCCS(=O)(=O)[C@@H](CC(C)(C)C)S(=O)(=O)c1ccccc1. The molecular formula is C16H26O4S2. The van der Waals surface area contributed by atoms with Crippen molar-refractivity contribution in [2.45, 2.75) is 56.4 Å². The Morgan fingerprint density at radius 3 is 2.00 bits per heavy atom. The van der Waals surface area contributed by atoms with Crippen molar-refractivity contribution in [2.24, 2.45) is 5.41 Å². The molecule has 22 heavy (non-hydrogen) atoms. The molecule has 0 N–H and O–H groups in total. The van der Waals surface area contributed by atoms with Crippen molar-refractivity contribution < 1.29 is 16.8 Å². The topological polar surface area (TPSA) is 68.3 Å². The summed E-state index contributed by atoms with van der Waals surface area (Å²) in [6.07, 6.45) is 1.29. The lowest BCUT2D eigenvalue weighted by molar-refractivity contribution is 0.384. The summed E-state index contributed by atoms with van der Waals surface area (Å²) in [6, 6.07) is 7.85. The van der Waals surface area contributed by atoms with Crippen LogP contribution in [0.15, 0.2) is 35.2 Å². The number of rotatable bonds is 7. The fraction of sp³-hybridized carbons (Fsp3) is 0.625. The van der Waals surface area contributed by atoms with Crippen LogP contribution < -0.4 is 0 Å². The van der Waals surface area contributed by atoms with Crippen LogP contribution in [0.3, 0.4) is 0 Å². The molecule has 1 aromatic rings. The zero-order valence-corrected chi connectivity index (χ0v) is 15.4. The van der Waals surface area contributed by atoms with Gasteiger partial charge in [-0.3, -0.25) is 0 Å². The molecule has 0 spiro atoms.